The van der Waals surface area contributed by atoms with Gasteiger partial charge in [-0.3, -0.25) is 9.69 Å². The van der Waals surface area contributed by atoms with E-state index in [9.17, 15) is 4.79 Å². The van der Waals surface area contributed by atoms with Gasteiger partial charge in [0.25, 0.3) is 5.91 Å². The summed E-state index contributed by atoms with van der Waals surface area (Å²) >= 11 is 1.63. The van der Waals surface area contributed by atoms with Gasteiger partial charge >= 0.3 is 0 Å². The highest BCUT2D eigenvalue weighted by atomic mass is 32.1. The van der Waals surface area contributed by atoms with E-state index in [1.165, 1.54) is 0 Å². The van der Waals surface area contributed by atoms with Crippen molar-refractivity contribution >= 4 is 22.9 Å². The molecular formula is C28H34N6O3S. The van der Waals surface area contributed by atoms with Gasteiger partial charge in [-0.2, -0.15) is 5.10 Å². The van der Waals surface area contributed by atoms with Crippen LogP contribution in [0.2, 0.25) is 0 Å². The number of likely N-dealkylation sites (N-methyl/N-ethyl adjacent to an activating group) is 1. The third-order valence-corrected chi connectivity index (χ3v) is 7.81. The minimum atomic E-state index is -0.168. The fraction of sp³-hybridized carbons (Fsp3) is 0.429. The summed E-state index contributed by atoms with van der Waals surface area (Å²) in [5.74, 6) is 0.215. The van der Waals surface area contributed by atoms with E-state index in [0.29, 0.717) is 35.9 Å². The lowest BCUT2D eigenvalue weighted by molar-refractivity contribution is 0.0663. The van der Waals surface area contributed by atoms with E-state index in [1.807, 2.05) is 29.8 Å². The molecule has 0 unspecified atom stereocenters. The maximum Gasteiger partial charge on any atom is 0.251 e. The SMILES string of the molecule is CCN(CC)[C@@H](C)CNC(=O)c1cc(OC[C@H]2CCCO2)nc(-c2cnn3ccc(-c4cccs4)nc23)c1. The van der Waals surface area contributed by atoms with Gasteiger partial charge in [-0.15, -0.1) is 11.3 Å². The molecule has 0 bridgehead atoms. The smallest absolute Gasteiger partial charge is 0.251 e. The maximum atomic E-state index is 13.3. The van der Waals surface area contributed by atoms with Crippen LogP contribution in [-0.2, 0) is 4.74 Å². The van der Waals surface area contributed by atoms with E-state index < -0.39 is 0 Å². The standard InChI is InChI=1S/C28H34N6O3S/c1-4-33(5-2)19(3)16-29-28(35)20-14-24(31-26(15-20)37-18-21-8-6-12-36-21)22-17-30-34-11-10-23(32-27(22)34)25-9-7-13-38-25/h7,9-11,13-15,17,19,21H,4-6,8,12,16,18H2,1-3H3,(H,29,35)/t19-,21+/m0/s1. The largest absolute Gasteiger partial charge is 0.475 e. The van der Waals surface area contributed by atoms with Crippen LogP contribution >= 0.6 is 11.3 Å². The van der Waals surface area contributed by atoms with Crippen LogP contribution in [0, 0.1) is 0 Å². The van der Waals surface area contributed by atoms with Gasteiger partial charge in [0.15, 0.2) is 5.65 Å². The number of ether oxygens (including phenoxy) is 2. The molecule has 4 aromatic heterocycles. The number of rotatable bonds is 11. The lowest BCUT2D eigenvalue weighted by Gasteiger charge is -2.26. The van der Waals surface area contributed by atoms with E-state index in [2.05, 4.69) is 36.1 Å². The van der Waals surface area contributed by atoms with Crippen LogP contribution in [0.25, 0.3) is 27.5 Å². The summed E-state index contributed by atoms with van der Waals surface area (Å²) < 4.78 is 13.5. The number of hydrogen-bond donors (Lipinski definition) is 1. The first-order valence-electron chi connectivity index (χ1n) is 13.2. The molecule has 0 aliphatic carbocycles. The summed E-state index contributed by atoms with van der Waals surface area (Å²) in [5, 5.41) is 9.59. The Balaban J connectivity index is 1.46. The molecule has 1 amide bonds. The van der Waals surface area contributed by atoms with Gasteiger partial charge < -0.3 is 14.8 Å². The van der Waals surface area contributed by atoms with Crippen molar-refractivity contribution in [1.82, 2.24) is 29.8 Å². The molecule has 5 heterocycles. The monoisotopic (exact) mass is 534 g/mol. The van der Waals surface area contributed by atoms with Crippen LogP contribution in [0.5, 0.6) is 5.88 Å². The molecule has 0 saturated carbocycles. The maximum absolute atomic E-state index is 13.3. The van der Waals surface area contributed by atoms with Crippen molar-refractivity contribution in [1.29, 1.82) is 0 Å². The third-order valence-electron chi connectivity index (χ3n) is 6.92. The van der Waals surface area contributed by atoms with Crippen molar-refractivity contribution in [2.45, 2.75) is 45.8 Å². The molecule has 1 N–H and O–H groups in total. The Morgan fingerprint density at radius 3 is 2.87 bits per heavy atom. The second-order valence-corrected chi connectivity index (χ2v) is 10.4. The quantitative estimate of drug-likeness (QED) is 0.302. The second-order valence-electron chi connectivity index (χ2n) is 9.42. The average Bonchev–Trinajstić information content (AvgIpc) is 3.73. The first-order chi connectivity index (χ1) is 18.6. The molecule has 0 radical (unpaired) electrons. The predicted molar refractivity (Wildman–Crippen MR) is 149 cm³/mol. The Bertz CT molecular complexity index is 1360. The van der Waals surface area contributed by atoms with Crippen molar-refractivity contribution < 1.29 is 14.3 Å². The Hall–Kier alpha value is -3.34. The zero-order chi connectivity index (χ0) is 26.5. The number of thiophene rings is 1. The average molecular weight is 535 g/mol. The Kier molecular flexibility index (Phi) is 8.31. The van der Waals surface area contributed by atoms with Crippen molar-refractivity contribution in [3.63, 3.8) is 0 Å². The van der Waals surface area contributed by atoms with Crippen LogP contribution in [0.4, 0.5) is 0 Å². The molecule has 1 aliphatic rings. The fourth-order valence-electron chi connectivity index (χ4n) is 4.73. The Morgan fingerprint density at radius 1 is 1.26 bits per heavy atom. The van der Waals surface area contributed by atoms with E-state index >= 15 is 0 Å². The molecule has 5 rings (SSSR count). The van der Waals surface area contributed by atoms with Crippen LogP contribution < -0.4 is 10.1 Å². The Morgan fingerprint density at radius 2 is 2.13 bits per heavy atom. The van der Waals surface area contributed by atoms with Crippen LogP contribution in [-0.4, -0.2) is 75.4 Å². The molecule has 4 aromatic rings. The lowest BCUT2D eigenvalue weighted by Crippen LogP contribution is -2.42. The van der Waals surface area contributed by atoms with Crippen LogP contribution in [0.1, 0.15) is 44.0 Å². The highest BCUT2D eigenvalue weighted by molar-refractivity contribution is 7.13. The van der Waals surface area contributed by atoms with Crippen molar-refractivity contribution in [2.24, 2.45) is 0 Å². The first-order valence-corrected chi connectivity index (χ1v) is 14.1. The number of nitrogens with zero attached hydrogens (tertiary/aromatic N) is 5. The van der Waals surface area contributed by atoms with Crippen molar-refractivity contribution in [3.05, 3.63) is 53.7 Å². The van der Waals surface area contributed by atoms with Gasteiger partial charge in [-0.25, -0.2) is 14.5 Å². The van der Waals surface area contributed by atoms with E-state index in [0.717, 1.165) is 48.7 Å². The zero-order valence-electron chi connectivity index (χ0n) is 22.1. The minimum absolute atomic E-state index is 0.0413. The molecule has 38 heavy (non-hydrogen) atoms. The summed E-state index contributed by atoms with van der Waals surface area (Å²) in [6, 6.07) is 9.70. The van der Waals surface area contributed by atoms with Gasteiger partial charge in [0, 0.05) is 37.0 Å². The molecule has 200 valence electrons. The molecule has 1 aliphatic heterocycles. The normalized spacial score (nSPS) is 16.3. The van der Waals surface area contributed by atoms with E-state index in [4.69, 9.17) is 19.4 Å². The molecule has 1 fully saturated rings. The summed E-state index contributed by atoms with van der Waals surface area (Å²) in [6.45, 7) is 9.94. The van der Waals surface area contributed by atoms with Crippen molar-refractivity contribution in [2.75, 3.05) is 32.8 Å². The number of carbonyl (C=O) groups excluding carboxylic acids is 1. The number of amides is 1. The number of carbonyl (C=O) groups is 1. The van der Waals surface area contributed by atoms with E-state index in [-0.39, 0.29) is 18.1 Å². The highest BCUT2D eigenvalue weighted by Gasteiger charge is 2.20. The first kappa shape index (κ1) is 26.3. The summed E-state index contributed by atoms with van der Waals surface area (Å²) in [7, 11) is 0. The third kappa shape index (κ3) is 5.87. The van der Waals surface area contributed by atoms with Gasteiger partial charge in [0.1, 0.15) is 6.61 Å². The van der Waals surface area contributed by atoms with Gasteiger partial charge in [-0.05, 0) is 56.4 Å². The molecule has 0 aromatic carbocycles. The number of pyridine rings is 1. The van der Waals surface area contributed by atoms with Gasteiger partial charge in [0.05, 0.1) is 34.1 Å². The number of fused-ring (bicyclic) bond motifs is 1. The highest BCUT2D eigenvalue weighted by Crippen LogP contribution is 2.29. The number of hydrogen-bond acceptors (Lipinski definition) is 8. The summed E-state index contributed by atoms with van der Waals surface area (Å²) in [4.78, 5) is 26.3. The fourth-order valence-corrected chi connectivity index (χ4v) is 5.43. The zero-order valence-corrected chi connectivity index (χ0v) is 22.9. The van der Waals surface area contributed by atoms with Gasteiger partial charge in [0.2, 0.25) is 5.88 Å². The molecule has 10 heteroatoms. The minimum Gasteiger partial charge on any atom is -0.475 e. The topological polar surface area (TPSA) is 93.9 Å². The van der Waals surface area contributed by atoms with E-state index in [1.54, 1.807) is 34.2 Å². The molecular weight excluding hydrogens is 500 g/mol. The Labute approximate surface area is 226 Å². The number of aromatic nitrogens is 4. The number of nitrogens with one attached hydrogen (secondary N) is 1. The summed E-state index contributed by atoms with van der Waals surface area (Å²) in [6.07, 6.45) is 5.65. The van der Waals surface area contributed by atoms with Gasteiger partial charge in [-0.1, -0.05) is 19.9 Å². The van der Waals surface area contributed by atoms with Crippen LogP contribution in [0.15, 0.2) is 48.1 Å². The molecule has 1 saturated heterocycles. The molecule has 0 spiro atoms. The summed E-state index contributed by atoms with van der Waals surface area (Å²) in [5.41, 5.74) is 3.33. The second kappa shape index (κ2) is 12.0. The molecule has 2 atom stereocenters. The van der Waals surface area contributed by atoms with Crippen LogP contribution in [0.3, 0.4) is 0 Å². The molecule has 9 nitrogen and oxygen atoms in total. The van der Waals surface area contributed by atoms with Crippen molar-refractivity contribution in [3.8, 4) is 27.7 Å². The predicted octanol–water partition coefficient (Wildman–Crippen LogP) is 4.54. The lowest BCUT2D eigenvalue weighted by atomic mass is 10.1.